The van der Waals surface area contributed by atoms with Crippen LogP contribution in [-0.2, 0) is 12.8 Å². The summed E-state index contributed by atoms with van der Waals surface area (Å²) in [6, 6.07) is 22.1. The molecule has 0 heterocycles. The minimum absolute atomic E-state index is 0.171. The topological polar surface area (TPSA) is 0 Å². The molecule has 0 radical (unpaired) electrons. The van der Waals surface area contributed by atoms with Crippen LogP contribution in [0.25, 0.3) is 22.3 Å². The Morgan fingerprint density at radius 1 is 0.654 bits per heavy atom. The fourth-order valence-electron chi connectivity index (χ4n) is 3.00. The van der Waals surface area contributed by atoms with Gasteiger partial charge in [-0.1, -0.05) is 94.8 Å². The van der Waals surface area contributed by atoms with Crippen molar-refractivity contribution >= 4 is 0 Å². The number of hydrogen-bond donors (Lipinski definition) is 0. The van der Waals surface area contributed by atoms with Crippen LogP contribution in [0.2, 0.25) is 0 Å². The first-order valence-corrected chi connectivity index (χ1v) is 9.69. The zero-order valence-electron chi connectivity index (χ0n) is 16.4. The molecule has 0 aliphatic rings. The first kappa shape index (κ1) is 19.9. The lowest BCUT2D eigenvalue weighted by atomic mass is 9.97. The fourth-order valence-corrected chi connectivity index (χ4v) is 3.00. The van der Waals surface area contributed by atoms with Gasteiger partial charge in [0.1, 0.15) is 5.82 Å². The van der Waals surface area contributed by atoms with Crippen molar-refractivity contribution < 1.29 is 4.39 Å². The molecular weight excluding hydrogens is 319 g/mol. The Labute approximate surface area is 157 Å². The highest BCUT2D eigenvalue weighted by Crippen LogP contribution is 2.28. The molecule has 0 aliphatic carbocycles. The maximum Gasteiger partial charge on any atom is 0.131 e. The van der Waals surface area contributed by atoms with Crippen molar-refractivity contribution in [1.82, 2.24) is 0 Å². The van der Waals surface area contributed by atoms with Crippen molar-refractivity contribution in [3.05, 3.63) is 83.7 Å². The largest absolute Gasteiger partial charge is 0.206 e. The summed E-state index contributed by atoms with van der Waals surface area (Å²) in [5.41, 5.74) is 6.15. The van der Waals surface area contributed by atoms with Crippen LogP contribution in [0.1, 0.15) is 45.2 Å². The summed E-state index contributed by atoms with van der Waals surface area (Å²) in [7, 11) is 0. The van der Waals surface area contributed by atoms with E-state index in [1.807, 2.05) is 38.1 Å². The maximum absolute atomic E-state index is 14.6. The van der Waals surface area contributed by atoms with Gasteiger partial charge in [-0.25, -0.2) is 4.39 Å². The van der Waals surface area contributed by atoms with Crippen LogP contribution in [0.3, 0.4) is 0 Å². The molecule has 3 rings (SSSR count). The molecule has 136 valence electrons. The highest BCUT2D eigenvalue weighted by molar-refractivity contribution is 5.71. The first-order valence-electron chi connectivity index (χ1n) is 9.69. The zero-order chi connectivity index (χ0) is 18.9. The smallest absolute Gasteiger partial charge is 0.131 e. The quantitative estimate of drug-likeness (QED) is 0.443. The van der Waals surface area contributed by atoms with E-state index in [4.69, 9.17) is 0 Å². The Bertz CT molecular complexity index is 799. The number of rotatable bonds is 5. The van der Waals surface area contributed by atoms with E-state index in [-0.39, 0.29) is 5.82 Å². The molecule has 3 aromatic rings. The molecule has 0 aromatic heterocycles. The van der Waals surface area contributed by atoms with Gasteiger partial charge in [-0.2, -0.15) is 0 Å². The van der Waals surface area contributed by atoms with Gasteiger partial charge < -0.3 is 0 Å². The van der Waals surface area contributed by atoms with Gasteiger partial charge >= 0.3 is 0 Å². The number of benzene rings is 3. The predicted molar refractivity (Wildman–Crippen MR) is 112 cm³/mol. The van der Waals surface area contributed by atoms with E-state index in [9.17, 15) is 4.39 Å². The predicted octanol–water partition coefficient (Wildman–Crippen LogP) is 7.70. The van der Waals surface area contributed by atoms with Crippen LogP contribution in [0.5, 0.6) is 0 Å². The van der Waals surface area contributed by atoms with Crippen LogP contribution in [-0.4, -0.2) is 0 Å². The molecule has 0 amide bonds. The third-order valence-electron chi connectivity index (χ3n) is 4.47. The van der Waals surface area contributed by atoms with E-state index in [1.54, 1.807) is 6.07 Å². The van der Waals surface area contributed by atoms with Gasteiger partial charge in [0, 0.05) is 5.56 Å². The summed E-state index contributed by atoms with van der Waals surface area (Å²) in [6.45, 7) is 8.30. The zero-order valence-corrected chi connectivity index (χ0v) is 16.4. The Balaban J connectivity index is 0.00000117. The van der Waals surface area contributed by atoms with Crippen LogP contribution in [0.15, 0.2) is 66.7 Å². The van der Waals surface area contributed by atoms with E-state index in [2.05, 4.69) is 50.2 Å². The second-order valence-corrected chi connectivity index (χ2v) is 6.19. The van der Waals surface area contributed by atoms with Crippen LogP contribution < -0.4 is 0 Å². The Hall–Kier alpha value is -2.41. The van der Waals surface area contributed by atoms with Gasteiger partial charge in [0.2, 0.25) is 0 Å². The maximum atomic E-state index is 14.6. The molecule has 0 atom stereocenters. The minimum atomic E-state index is -0.171. The van der Waals surface area contributed by atoms with Crippen LogP contribution in [0, 0.1) is 5.82 Å². The van der Waals surface area contributed by atoms with Crippen molar-refractivity contribution in [2.24, 2.45) is 0 Å². The second-order valence-electron chi connectivity index (χ2n) is 6.19. The number of halogens is 1. The molecule has 0 spiro atoms. The molecular formula is C25H29F. The van der Waals surface area contributed by atoms with E-state index >= 15 is 0 Å². The molecule has 0 aliphatic heterocycles. The molecule has 1 heteroatoms. The van der Waals surface area contributed by atoms with Gasteiger partial charge in [-0.15, -0.1) is 0 Å². The van der Waals surface area contributed by atoms with Crippen molar-refractivity contribution in [3.8, 4) is 22.3 Å². The van der Waals surface area contributed by atoms with E-state index in [1.165, 1.54) is 11.1 Å². The van der Waals surface area contributed by atoms with Gasteiger partial charge in [0.05, 0.1) is 0 Å². The van der Waals surface area contributed by atoms with Gasteiger partial charge in [0.25, 0.3) is 0 Å². The molecule has 3 aromatic carbocycles. The summed E-state index contributed by atoms with van der Waals surface area (Å²) in [4.78, 5) is 0. The lowest BCUT2D eigenvalue weighted by Gasteiger charge is -2.08. The monoisotopic (exact) mass is 348 g/mol. The van der Waals surface area contributed by atoms with Crippen LogP contribution >= 0.6 is 0 Å². The van der Waals surface area contributed by atoms with Crippen LogP contribution in [0.4, 0.5) is 4.39 Å². The van der Waals surface area contributed by atoms with E-state index < -0.39 is 0 Å². The molecule has 0 fully saturated rings. The summed E-state index contributed by atoms with van der Waals surface area (Å²) in [6.07, 6.45) is 3.20. The van der Waals surface area contributed by atoms with E-state index in [0.717, 1.165) is 36.0 Å². The fraction of sp³-hybridized carbons (Fsp3) is 0.280. The van der Waals surface area contributed by atoms with Crippen molar-refractivity contribution in [2.75, 3.05) is 0 Å². The molecule has 0 unspecified atom stereocenters. The SMILES string of the molecule is CC.CCCc1ccc(-c2ccc(-c3ccc(CC)cc3)cc2F)cc1. The standard InChI is InChI=1S/C23H23F.C2H6/c1-3-5-18-8-12-20(13-9-18)22-15-14-21(16-23(22)24)19-10-6-17(4-2)7-11-19;1-2/h6-16H,3-5H2,1-2H3;1-2H3. The van der Waals surface area contributed by atoms with Crippen molar-refractivity contribution in [2.45, 2.75) is 47.0 Å². The van der Waals surface area contributed by atoms with Crippen molar-refractivity contribution in [1.29, 1.82) is 0 Å². The number of aryl methyl sites for hydroxylation is 2. The molecule has 0 nitrogen and oxygen atoms in total. The third-order valence-corrected chi connectivity index (χ3v) is 4.47. The summed E-state index contributed by atoms with van der Waals surface area (Å²) < 4.78 is 14.6. The summed E-state index contributed by atoms with van der Waals surface area (Å²) in [5, 5.41) is 0. The van der Waals surface area contributed by atoms with E-state index in [0.29, 0.717) is 5.56 Å². The van der Waals surface area contributed by atoms with Crippen molar-refractivity contribution in [3.63, 3.8) is 0 Å². The molecule has 26 heavy (non-hydrogen) atoms. The Morgan fingerprint density at radius 2 is 1.19 bits per heavy atom. The average molecular weight is 349 g/mol. The third kappa shape index (κ3) is 4.82. The molecule has 0 saturated heterocycles. The number of hydrogen-bond acceptors (Lipinski definition) is 0. The summed E-state index contributed by atoms with van der Waals surface area (Å²) in [5.74, 6) is -0.171. The molecule has 0 saturated carbocycles. The Morgan fingerprint density at radius 3 is 1.73 bits per heavy atom. The second kappa shape index (κ2) is 9.91. The van der Waals surface area contributed by atoms with Gasteiger partial charge in [-0.05, 0) is 46.7 Å². The summed E-state index contributed by atoms with van der Waals surface area (Å²) >= 11 is 0. The van der Waals surface area contributed by atoms with Gasteiger partial charge in [0.15, 0.2) is 0 Å². The van der Waals surface area contributed by atoms with Gasteiger partial charge in [-0.3, -0.25) is 0 Å². The lowest BCUT2D eigenvalue weighted by molar-refractivity contribution is 0.632. The minimum Gasteiger partial charge on any atom is -0.206 e. The highest BCUT2D eigenvalue weighted by Gasteiger charge is 2.07. The first-order chi connectivity index (χ1) is 12.7. The molecule has 0 N–H and O–H groups in total. The highest BCUT2D eigenvalue weighted by atomic mass is 19.1. The Kier molecular flexibility index (Phi) is 7.59. The lowest BCUT2D eigenvalue weighted by Crippen LogP contribution is -1.88. The average Bonchev–Trinajstić information content (AvgIpc) is 2.70. The normalized spacial score (nSPS) is 10.2. The molecule has 0 bridgehead atoms.